The standard InChI is InChI=1S/C13H16N4O2S2/c1-9-15-13(8-16(9)2)21(18,19)17-5-6-20-12-4-3-10(14)7-11(12)17/h3-4,7-8H,5-6,14H2,1-2H3. The van der Waals surface area contributed by atoms with Crippen molar-refractivity contribution in [3.63, 3.8) is 0 Å². The van der Waals surface area contributed by atoms with Crippen molar-refractivity contribution in [2.45, 2.75) is 16.8 Å². The molecule has 21 heavy (non-hydrogen) atoms. The highest BCUT2D eigenvalue weighted by atomic mass is 32.2. The number of thioether (sulfide) groups is 1. The van der Waals surface area contributed by atoms with Crippen molar-refractivity contribution in [3.8, 4) is 0 Å². The Kier molecular flexibility index (Phi) is 3.37. The van der Waals surface area contributed by atoms with Crippen LogP contribution < -0.4 is 10.0 Å². The van der Waals surface area contributed by atoms with Crippen molar-refractivity contribution >= 4 is 33.2 Å². The number of rotatable bonds is 2. The average Bonchev–Trinajstić information content (AvgIpc) is 2.78. The van der Waals surface area contributed by atoms with Gasteiger partial charge in [-0.25, -0.2) is 4.98 Å². The lowest BCUT2D eigenvalue weighted by atomic mass is 10.3. The number of benzene rings is 1. The number of imidazole rings is 1. The summed E-state index contributed by atoms with van der Waals surface area (Å²) in [5, 5.41) is 0.0720. The number of aryl methyl sites for hydroxylation is 2. The molecule has 0 aliphatic carbocycles. The Balaban J connectivity index is 2.11. The van der Waals surface area contributed by atoms with Gasteiger partial charge >= 0.3 is 0 Å². The molecule has 0 unspecified atom stereocenters. The van der Waals surface area contributed by atoms with Gasteiger partial charge in [0, 0.05) is 36.1 Å². The second kappa shape index (κ2) is 4.96. The Morgan fingerprint density at radius 3 is 2.81 bits per heavy atom. The van der Waals surface area contributed by atoms with Crippen LogP contribution in [-0.4, -0.2) is 30.3 Å². The zero-order valence-electron chi connectivity index (χ0n) is 11.8. The Labute approximate surface area is 128 Å². The molecule has 0 radical (unpaired) electrons. The van der Waals surface area contributed by atoms with E-state index in [1.807, 2.05) is 6.07 Å². The van der Waals surface area contributed by atoms with Crippen molar-refractivity contribution in [3.05, 3.63) is 30.2 Å². The maximum Gasteiger partial charge on any atom is 0.283 e. The molecule has 1 aliphatic heterocycles. The van der Waals surface area contributed by atoms with Gasteiger partial charge in [-0.15, -0.1) is 11.8 Å². The van der Waals surface area contributed by atoms with Crippen LogP contribution in [-0.2, 0) is 17.1 Å². The van der Waals surface area contributed by atoms with Gasteiger partial charge in [-0.3, -0.25) is 4.31 Å². The second-order valence-corrected chi connectivity index (χ2v) is 7.84. The van der Waals surface area contributed by atoms with Gasteiger partial charge in [-0.05, 0) is 25.1 Å². The van der Waals surface area contributed by atoms with Crippen LogP contribution in [0.5, 0.6) is 0 Å². The Hall–Kier alpha value is -1.67. The molecule has 2 N–H and O–H groups in total. The maximum atomic E-state index is 12.8. The summed E-state index contributed by atoms with van der Waals surface area (Å²) in [6.07, 6.45) is 1.54. The zero-order valence-corrected chi connectivity index (χ0v) is 13.4. The molecule has 2 aromatic rings. The lowest BCUT2D eigenvalue weighted by Gasteiger charge is -2.29. The molecule has 1 aromatic heterocycles. The number of nitrogens with two attached hydrogens (primary N) is 1. The van der Waals surface area contributed by atoms with Gasteiger partial charge in [0.05, 0.1) is 5.69 Å². The van der Waals surface area contributed by atoms with E-state index in [9.17, 15) is 8.42 Å². The van der Waals surface area contributed by atoms with E-state index in [1.165, 1.54) is 4.31 Å². The van der Waals surface area contributed by atoms with Crippen LogP contribution in [0.1, 0.15) is 5.82 Å². The van der Waals surface area contributed by atoms with Crippen LogP contribution in [0.3, 0.4) is 0 Å². The molecule has 8 heteroatoms. The molecule has 1 aromatic carbocycles. The zero-order chi connectivity index (χ0) is 15.2. The highest BCUT2D eigenvalue weighted by molar-refractivity contribution is 8.00. The normalized spacial score (nSPS) is 15.0. The monoisotopic (exact) mass is 324 g/mol. The Morgan fingerprint density at radius 2 is 2.14 bits per heavy atom. The molecule has 0 fully saturated rings. The summed E-state index contributed by atoms with van der Waals surface area (Å²) in [7, 11) is -1.88. The fourth-order valence-electron chi connectivity index (χ4n) is 2.22. The van der Waals surface area contributed by atoms with Gasteiger partial charge in [0.15, 0.2) is 5.03 Å². The molecule has 0 spiro atoms. The summed E-state index contributed by atoms with van der Waals surface area (Å²) >= 11 is 1.63. The molecular weight excluding hydrogens is 308 g/mol. The number of aromatic nitrogens is 2. The van der Waals surface area contributed by atoms with Crippen LogP contribution in [0.25, 0.3) is 0 Å². The fraction of sp³-hybridized carbons (Fsp3) is 0.308. The number of sulfonamides is 1. The van der Waals surface area contributed by atoms with E-state index < -0.39 is 10.0 Å². The molecule has 0 amide bonds. The van der Waals surface area contributed by atoms with E-state index in [2.05, 4.69) is 4.98 Å². The van der Waals surface area contributed by atoms with Crippen LogP contribution in [0.2, 0.25) is 0 Å². The lowest BCUT2D eigenvalue weighted by Crippen LogP contribution is -2.35. The number of hydrogen-bond donors (Lipinski definition) is 1. The summed E-state index contributed by atoms with van der Waals surface area (Å²) in [6, 6.07) is 5.35. The molecule has 0 atom stereocenters. The average molecular weight is 324 g/mol. The Morgan fingerprint density at radius 1 is 1.38 bits per heavy atom. The first-order valence-electron chi connectivity index (χ1n) is 6.44. The maximum absolute atomic E-state index is 12.8. The molecule has 112 valence electrons. The predicted octanol–water partition coefficient (Wildman–Crippen LogP) is 1.61. The van der Waals surface area contributed by atoms with Crippen LogP contribution in [0.4, 0.5) is 11.4 Å². The van der Waals surface area contributed by atoms with Gasteiger partial charge in [-0.1, -0.05) is 0 Å². The minimum Gasteiger partial charge on any atom is -0.399 e. The highest BCUT2D eigenvalue weighted by Gasteiger charge is 2.31. The first kappa shape index (κ1) is 14.3. The van der Waals surface area contributed by atoms with E-state index in [1.54, 1.807) is 48.6 Å². The summed E-state index contributed by atoms with van der Waals surface area (Å²) in [5.74, 6) is 1.37. The minimum atomic E-state index is -3.66. The van der Waals surface area contributed by atoms with E-state index in [4.69, 9.17) is 5.73 Å². The number of fused-ring (bicyclic) bond motifs is 1. The number of nitrogen functional groups attached to an aromatic ring is 1. The summed E-state index contributed by atoms with van der Waals surface area (Å²) in [6.45, 7) is 2.19. The minimum absolute atomic E-state index is 0.0720. The van der Waals surface area contributed by atoms with Gasteiger partial charge in [0.1, 0.15) is 5.82 Å². The van der Waals surface area contributed by atoms with Crippen LogP contribution >= 0.6 is 11.8 Å². The molecule has 6 nitrogen and oxygen atoms in total. The van der Waals surface area contributed by atoms with Crippen molar-refractivity contribution < 1.29 is 8.42 Å². The van der Waals surface area contributed by atoms with Crippen LogP contribution in [0, 0.1) is 6.92 Å². The highest BCUT2D eigenvalue weighted by Crippen LogP contribution is 2.38. The first-order valence-corrected chi connectivity index (χ1v) is 8.87. The third-order valence-corrected chi connectivity index (χ3v) is 6.17. The van der Waals surface area contributed by atoms with E-state index in [0.717, 1.165) is 4.90 Å². The van der Waals surface area contributed by atoms with Crippen molar-refractivity contribution in [2.75, 3.05) is 22.3 Å². The van der Waals surface area contributed by atoms with E-state index in [0.29, 0.717) is 29.5 Å². The summed E-state index contributed by atoms with van der Waals surface area (Å²) in [5.41, 5.74) is 6.99. The number of nitrogens with zero attached hydrogens (tertiary/aromatic N) is 3. The molecule has 0 bridgehead atoms. The number of hydrogen-bond acceptors (Lipinski definition) is 5. The van der Waals surface area contributed by atoms with Gasteiger partial charge in [0.2, 0.25) is 0 Å². The lowest BCUT2D eigenvalue weighted by molar-refractivity contribution is 0.588. The second-order valence-electron chi connectivity index (χ2n) is 4.89. The first-order chi connectivity index (χ1) is 9.89. The fourth-order valence-corrected chi connectivity index (χ4v) is 4.88. The predicted molar refractivity (Wildman–Crippen MR) is 84.1 cm³/mol. The van der Waals surface area contributed by atoms with Crippen molar-refractivity contribution in [1.82, 2.24) is 9.55 Å². The molecule has 0 saturated carbocycles. The van der Waals surface area contributed by atoms with E-state index >= 15 is 0 Å². The quantitative estimate of drug-likeness (QED) is 0.849. The molecule has 2 heterocycles. The SMILES string of the molecule is Cc1nc(S(=O)(=O)N2CCSc3ccc(N)cc32)cn1C. The largest absolute Gasteiger partial charge is 0.399 e. The molecule has 0 saturated heterocycles. The molecule has 1 aliphatic rings. The van der Waals surface area contributed by atoms with E-state index in [-0.39, 0.29) is 5.03 Å². The van der Waals surface area contributed by atoms with Crippen molar-refractivity contribution in [2.24, 2.45) is 7.05 Å². The van der Waals surface area contributed by atoms with Gasteiger partial charge < -0.3 is 10.3 Å². The third-order valence-electron chi connectivity index (χ3n) is 3.44. The third kappa shape index (κ3) is 2.38. The van der Waals surface area contributed by atoms with Crippen molar-refractivity contribution in [1.29, 1.82) is 0 Å². The Bertz CT molecular complexity index is 779. The van der Waals surface area contributed by atoms with Gasteiger partial charge in [-0.2, -0.15) is 8.42 Å². The molecule has 3 rings (SSSR count). The topological polar surface area (TPSA) is 81.2 Å². The molecular formula is C13H16N4O2S2. The number of anilines is 2. The van der Waals surface area contributed by atoms with Gasteiger partial charge in [0.25, 0.3) is 10.0 Å². The summed E-state index contributed by atoms with van der Waals surface area (Å²) in [4.78, 5) is 5.07. The smallest absolute Gasteiger partial charge is 0.283 e. The van der Waals surface area contributed by atoms with Crippen LogP contribution in [0.15, 0.2) is 34.3 Å². The summed E-state index contributed by atoms with van der Waals surface area (Å²) < 4.78 is 28.8.